The van der Waals surface area contributed by atoms with Crippen LogP contribution in [-0.2, 0) is 0 Å². The van der Waals surface area contributed by atoms with E-state index < -0.39 is 53.6 Å². The summed E-state index contributed by atoms with van der Waals surface area (Å²) in [7, 11) is -0.950. The van der Waals surface area contributed by atoms with Crippen molar-refractivity contribution >= 4 is 49.5 Å². The third kappa shape index (κ3) is 3.04. The highest BCUT2D eigenvalue weighted by Crippen LogP contribution is 2.18. The fraction of sp³-hybridized carbons (Fsp3) is 0.250. The molecule has 0 fully saturated rings. The first-order valence-electron chi connectivity index (χ1n) is 3.97. The largest absolute Gasteiger partial charge is 0.204 e. The molecule has 0 aliphatic carbocycles. The summed E-state index contributed by atoms with van der Waals surface area (Å²) in [6.45, 7) is 0. The van der Waals surface area contributed by atoms with E-state index in [4.69, 9.17) is 34.8 Å². The van der Waals surface area contributed by atoms with E-state index in [9.17, 15) is 22.0 Å². The smallest absolute Gasteiger partial charge is 0.200 e. The summed E-state index contributed by atoms with van der Waals surface area (Å²) in [6, 6.07) is 0. The Morgan fingerprint density at radius 2 is 1.06 bits per heavy atom. The first kappa shape index (κ1) is 15.0. The van der Waals surface area contributed by atoms with Crippen molar-refractivity contribution in [2.45, 2.75) is 9.84 Å². The van der Waals surface area contributed by atoms with E-state index in [0.717, 1.165) is 0 Å². The zero-order valence-electron chi connectivity index (χ0n) is 7.68. The van der Waals surface area contributed by atoms with Crippen LogP contribution in [0.25, 0.3) is 0 Å². The normalized spacial score (nSPS) is 13.2. The third-order valence-electron chi connectivity index (χ3n) is 1.71. The molecule has 0 heterocycles. The SMILES string of the molecule is Fc1c(F)c(F)c([Si]C(Cl)C(Cl)Cl)c(F)c1F. The van der Waals surface area contributed by atoms with Crippen molar-refractivity contribution in [2.24, 2.45) is 0 Å². The maximum Gasteiger partial charge on any atom is 0.200 e. The predicted octanol–water partition coefficient (Wildman–Crippen LogP) is 3.08. The molecule has 17 heavy (non-hydrogen) atoms. The van der Waals surface area contributed by atoms with Crippen LogP contribution in [0, 0.1) is 29.1 Å². The molecule has 0 N–H and O–H groups in total. The summed E-state index contributed by atoms with van der Waals surface area (Å²) in [5.41, 5.74) is 0. The second-order valence-corrected chi connectivity index (χ2v) is 6.24. The summed E-state index contributed by atoms with van der Waals surface area (Å²) in [5.74, 6) is -10.1. The molecule has 94 valence electrons. The minimum atomic E-state index is -2.21. The summed E-state index contributed by atoms with van der Waals surface area (Å²) in [4.78, 5) is -1.19. The number of halogens is 8. The van der Waals surface area contributed by atoms with Gasteiger partial charge in [-0.3, -0.25) is 0 Å². The monoisotopic (exact) mass is 326 g/mol. The van der Waals surface area contributed by atoms with Crippen LogP contribution in [0.15, 0.2) is 0 Å². The molecule has 2 radical (unpaired) electrons. The zero-order chi connectivity index (χ0) is 13.3. The average molecular weight is 328 g/mol. The van der Waals surface area contributed by atoms with E-state index in [1.807, 2.05) is 0 Å². The summed E-state index contributed by atoms with van der Waals surface area (Å²) >= 11 is 16.2. The van der Waals surface area contributed by atoms with Gasteiger partial charge >= 0.3 is 0 Å². The fourth-order valence-corrected chi connectivity index (χ4v) is 2.51. The van der Waals surface area contributed by atoms with Crippen LogP contribution in [0.1, 0.15) is 0 Å². The summed E-state index contributed by atoms with van der Waals surface area (Å²) < 4.78 is 64.6. The van der Waals surface area contributed by atoms with Gasteiger partial charge in [0.25, 0.3) is 0 Å². The van der Waals surface area contributed by atoms with Crippen LogP contribution in [-0.4, -0.2) is 19.4 Å². The maximum atomic E-state index is 13.2. The van der Waals surface area contributed by atoms with E-state index in [2.05, 4.69) is 0 Å². The van der Waals surface area contributed by atoms with E-state index in [0.29, 0.717) is 0 Å². The zero-order valence-corrected chi connectivity index (χ0v) is 10.9. The Morgan fingerprint density at radius 3 is 1.41 bits per heavy atom. The van der Waals surface area contributed by atoms with Gasteiger partial charge in [0, 0.05) is 5.19 Å². The van der Waals surface area contributed by atoms with Crippen molar-refractivity contribution in [3.63, 3.8) is 0 Å². The number of alkyl halides is 3. The molecule has 0 saturated heterocycles. The number of hydrogen-bond donors (Lipinski definition) is 0. The van der Waals surface area contributed by atoms with Crippen LogP contribution >= 0.6 is 34.8 Å². The van der Waals surface area contributed by atoms with Gasteiger partial charge in [-0.25, -0.2) is 22.0 Å². The number of rotatable bonds is 3. The molecule has 0 aliphatic heterocycles. The summed E-state index contributed by atoms with van der Waals surface area (Å²) in [6.07, 6.45) is 0. The van der Waals surface area contributed by atoms with E-state index in [-0.39, 0.29) is 0 Å². The molecule has 0 aliphatic rings. The lowest BCUT2D eigenvalue weighted by Gasteiger charge is -2.11. The topological polar surface area (TPSA) is 0 Å². The van der Waals surface area contributed by atoms with Gasteiger partial charge in [-0.1, -0.05) is 0 Å². The minimum absolute atomic E-state index is 0.950. The molecule has 1 rings (SSSR count). The highest BCUT2D eigenvalue weighted by molar-refractivity contribution is 6.69. The van der Waals surface area contributed by atoms with Gasteiger partial charge in [-0.2, -0.15) is 0 Å². The highest BCUT2D eigenvalue weighted by Gasteiger charge is 2.28. The summed E-state index contributed by atoms with van der Waals surface area (Å²) in [5, 5.41) is -2.15. The lowest BCUT2D eigenvalue weighted by atomic mass is 10.3. The molecule has 1 atom stereocenters. The Balaban J connectivity index is 3.25. The Bertz CT molecular complexity index is 411. The Morgan fingerprint density at radius 1 is 0.706 bits per heavy atom. The second-order valence-electron chi connectivity index (χ2n) is 2.83. The molecule has 0 amide bonds. The molecule has 0 spiro atoms. The first-order valence-corrected chi connectivity index (χ1v) is 6.36. The molecule has 1 aromatic carbocycles. The van der Waals surface area contributed by atoms with E-state index in [1.54, 1.807) is 0 Å². The molecular formula is C8H2Cl3F5Si. The lowest BCUT2D eigenvalue weighted by Crippen LogP contribution is -2.35. The second kappa shape index (κ2) is 5.73. The van der Waals surface area contributed by atoms with Gasteiger partial charge in [0.15, 0.2) is 23.3 Å². The van der Waals surface area contributed by atoms with Crippen molar-refractivity contribution < 1.29 is 22.0 Å². The standard InChI is InChI=1S/C8H2Cl3F5Si/c9-7(10)8(11)17-6-4(15)2(13)1(12)3(14)5(6)16/h7-8H. The van der Waals surface area contributed by atoms with Gasteiger partial charge in [-0.05, 0) is 0 Å². The molecule has 1 unspecified atom stereocenters. The van der Waals surface area contributed by atoms with Crippen LogP contribution in [0.3, 0.4) is 0 Å². The Hall–Kier alpha value is -0.0431. The quantitative estimate of drug-likeness (QED) is 0.263. The predicted molar refractivity (Wildman–Crippen MR) is 56.8 cm³/mol. The Kier molecular flexibility index (Phi) is 5.06. The van der Waals surface area contributed by atoms with Crippen LogP contribution < -0.4 is 5.19 Å². The molecule has 0 saturated carbocycles. The van der Waals surface area contributed by atoms with Crippen LogP contribution in [0.4, 0.5) is 22.0 Å². The molecule has 1 aromatic rings. The van der Waals surface area contributed by atoms with Crippen molar-refractivity contribution in [2.75, 3.05) is 0 Å². The van der Waals surface area contributed by atoms with Crippen molar-refractivity contribution in [1.82, 2.24) is 0 Å². The first-order chi connectivity index (χ1) is 7.77. The molecular weight excluding hydrogens is 326 g/mol. The minimum Gasteiger partial charge on any atom is -0.204 e. The molecule has 9 heteroatoms. The number of benzene rings is 1. The molecule has 0 nitrogen and oxygen atoms in total. The fourth-order valence-electron chi connectivity index (χ4n) is 0.933. The van der Waals surface area contributed by atoms with Crippen molar-refractivity contribution in [1.29, 1.82) is 0 Å². The molecule has 0 aromatic heterocycles. The van der Waals surface area contributed by atoms with Gasteiger partial charge in [-0.15, -0.1) is 34.8 Å². The van der Waals surface area contributed by atoms with Gasteiger partial charge in [0.1, 0.15) is 14.4 Å². The van der Waals surface area contributed by atoms with E-state index in [1.165, 1.54) is 0 Å². The highest BCUT2D eigenvalue weighted by atomic mass is 35.5. The Labute approximate surface area is 110 Å². The van der Waals surface area contributed by atoms with Crippen LogP contribution in [0.2, 0.25) is 0 Å². The third-order valence-corrected chi connectivity index (χ3v) is 4.81. The molecule has 0 bridgehead atoms. The van der Waals surface area contributed by atoms with Gasteiger partial charge in [0.05, 0.1) is 5.00 Å². The van der Waals surface area contributed by atoms with Crippen molar-refractivity contribution in [3.8, 4) is 0 Å². The number of hydrogen-bond acceptors (Lipinski definition) is 0. The van der Waals surface area contributed by atoms with Gasteiger partial charge < -0.3 is 0 Å². The average Bonchev–Trinajstić information content (AvgIpc) is 2.29. The van der Waals surface area contributed by atoms with Crippen molar-refractivity contribution in [3.05, 3.63) is 29.1 Å². The van der Waals surface area contributed by atoms with E-state index >= 15 is 0 Å². The van der Waals surface area contributed by atoms with Gasteiger partial charge in [0.2, 0.25) is 5.82 Å². The van der Waals surface area contributed by atoms with Crippen LogP contribution in [0.5, 0.6) is 0 Å². The lowest BCUT2D eigenvalue weighted by molar-refractivity contribution is 0.384. The maximum absolute atomic E-state index is 13.2.